The van der Waals surface area contributed by atoms with Gasteiger partial charge in [0.15, 0.2) is 0 Å². The number of benzene rings is 1. The molecule has 0 atom stereocenters. The van der Waals surface area contributed by atoms with E-state index in [1.54, 1.807) is 6.07 Å². The van der Waals surface area contributed by atoms with Crippen molar-refractivity contribution in [3.05, 3.63) is 59.4 Å². The highest BCUT2D eigenvalue weighted by Crippen LogP contribution is 2.24. The normalized spacial score (nSPS) is 14.2. The monoisotopic (exact) mass is 532 g/mol. The van der Waals surface area contributed by atoms with Gasteiger partial charge in [0, 0.05) is 25.2 Å². The number of nitrogens with one attached hydrogen (secondary N) is 2. The molecular weight excluding hydrogens is 496 g/mol. The first-order valence-corrected chi connectivity index (χ1v) is 13.3. The quantitative estimate of drug-likeness (QED) is 0.275. The number of nitrogens with two attached hydrogens (primary N) is 1. The lowest BCUT2D eigenvalue weighted by molar-refractivity contribution is 0.171. The Morgan fingerprint density at radius 2 is 2.03 bits per heavy atom. The van der Waals surface area contributed by atoms with E-state index in [0.29, 0.717) is 43.7 Å². The Hall–Kier alpha value is -4.14. The number of nitrogens with zero attached hydrogens (tertiary/aromatic N) is 5. The third kappa shape index (κ3) is 7.69. The number of likely N-dealkylation sites (tertiary alicyclic amines) is 1. The summed E-state index contributed by atoms with van der Waals surface area (Å²) in [6, 6.07) is 15.9. The third-order valence-electron chi connectivity index (χ3n) is 6.83. The van der Waals surface area contributed by atoms with Crippen molar-refractivity contribution in [2.75, 3.05) is 38.5 Å². The number of nitriles is 1. The van der Waals surface area contributed by atoms with Crippen molar-refractivity contribution in [1.29, 1.82) is 5.26 Å². The molecule has 1 aromatic carbocycles. The van der Waals surface area contributed by atoms with E-state index in [2.05, 4.69) is 32.7 Å². The van der Waals surface area contributed by atoms with Crippen LogP contribution in [-0.4, -0.2) is 63.7 Å². The number of piperidine rings is 1. The molecule has 3 heterocycles. The zero-order chi connectivity index (χ0) is 27.6. The van der Waals surface area contributed by atoms with Crippen LogP contribution in [0.5, 0.6) is 5.88 Å². The van der Waals surface area contributed by atoms with Gasteiger partial charge in [0.05, 0.1) is 35.9 Å². The molecule has 0 bridgehead atoms. The Bertz CT molecular complexity index is 1280. The molecular formula is C28H36N8O3. The van der Waals surface area contributed by atoms with Gasteiger partial charge in [-0.15, -0.1) is 0 Å². The maximum Gasteiger partial charge on any atom is 0.404 e. The highest BCUT2D eigenvalue weighted by atomic mass is 16.5. The number of anilines is 1. The van der Waals surface area contributed by atoms with Gasteiger partial charge in [-0.1, -0.05) is 30.3 Å². The van der Waals surface area contributed by atoms with E-state index in [0.717, 1.165) is 61.7 Å². The molecule has 0 saturated carbocycles. The predicted molar refractivity (Wildman–Crippen MR) is 148 cm³/mol. The van der Waals surface area contributed by atoms with E-state index in [1.165, 1.54) is 0 Å². The SMILES string of the molecule is CCOc1nc(CNCC2CCN(Cc3cc(-c4ccccc4)nn3CCNC(=O)O)CC2)cc(N)c1C#N. The van der Waals surface area contributed by atoms with Crippen molar-refractivity contribution >= 4 is 11.8 Å². The van der Waals surface area contributed by atoms with E-state index in [4.69, 9.17) is 20.7 Å². The molecule has 0 radical (unpaired) electrons. The molecule has 5 N–H and O–H groups in total. The van der Waals surface area contributed by atoms with Crippen LogP contribution in [0.4, 0.5) is 10.5 Å². The number of hydrogen-bond donors (Lipinski definition) is 4. The van der Waals surface area contributed by atoms with Crippen LogP contribution in [0.2, 0.25) is 0 Å². The van der Waals surface area contributed by atoms with Gasteiger partial charge in [-0.05, 0) is 57.5 Å². The largest absolute Gasteiger partial charge is 0.477 e. The lowest BCUT2D eigenvalue weighted by atomic mass is 9.96. The Morgan fingerprint density at radius 1 is 1.26 bits per heavy atom. The van der Waals surface area contributed by atoms with Gasteiger partial charge in [-0.3, -0.25) is 9.58 Å². The van der Waals surface area contributed by atoms with Crippen LogP contribution in [0.25, 0.3) is 11.3 Å². The molecule has 4 rings (SSSR count). The van der Waals surface area contributed by atoms with Gasteiger partial charge >= 0.3 is 6.09 Å². The molecule has 206 valence electrons. The molecule has 1 saturated heterocycles. The average molecular weight is 533 g/mol. The molecule has 0 unspecified atom stereocenters. The fourth-order valence-electron chi connectivity index (χ4n) is 4.82. The molecule has 1 aliphatic rings. The van der Waals surface area contributed by atoms with Crippen LogP contribution in [-0.2, 0) is 19.6 Å². The molecule has 11 nitrogen and oxygen atoms in total. The summed E-state index contributed by atoms with van der Waals surface area (Å²) >= 11 is 0. The first-order chi connectivity index (χ1) is 19.0. The first kappa shape index (κ1) is 27.9. The molecule has 1 amide bonds. The van der Waals surface area contributed by atoms with E-state index >= 15 is 0 Å². The summed E-state index contributed by atoms with van der Waals surface area (Å²) in [6.45, 7) is 7.20. The molecule has 2 aromatic heterocycles. The highest BCUT2D eigenvalue weighted by molar-refractivity contribution is 5.64. The summed E-state index contributed by atoms with van der Waals surface area (Å²) in [4.78, 5) is 17.8. The zero-order valence-corrected chi connectivity index (χ0v) is 22.3. The highest BCUT2D eigenvalue weighted by Gasteiger charge is 2.21. The summed E-state index contributed by atoms with van der Waals surface area (Å²) in [5.74, 6) is 0.839. The van der Waals surface area contributed by atoms with Gasteiger partial charge in [0.25, 0.3) is 0 Å². The summed E-state index contributed by atoms with van der Waals surface area (Å²) in [5.41, 5.74) is 10.5. The number of carboxylic acid groups (broad SMARTS) is 1. The molecule has 11 heteroatoms. The topological polar surface area (TPSA) is 154 Å². The Labute approximate surface area is 228 Å². The van der Waals surface area contributed by atoms with E-state index in [9.17, 15) is 10.1 Å². The van der Waals surface area contributed by atoms with Crippen LogP contribution < -0.4 is 21.1 Å². The molecule has 1 fully saturated rings. The second-order valence-corrected chi connectivity index (χ2v) is 9.62. The number of aromatic nitrogens is 3. The van der Waals surface area contributed by atoms with Gasteiger partial charge < -0.3 is 26.2 Å². The van der Waals surface area contributed by atoms with Crippen molar-refractivity contribution in [3.8, 4) is 23.2 Å². The summed E-state index contributed by atoms with van der Waals surface area (Å²) in [5, 5.41) is 28.9. The fraction of sp³-hybridized carbons (Fsp3) is 0.429. The van der Waals surface area contributed by atoms with E-state index < -0.39 is 6.09 Å². The van der Waals surface area contributed by atoms with Gasteiger partial charge in [0.1, 0.15) is 11.6 Å². The molecule has 0 spiro atoms. The number of carbonyl (C=O) groups is 1. The number of ether oxygens (including phenoxy) is 1. The van der Waals surface area contributed by atoms with Crippen LogP contribution in [0.15, 0.2) is 42.5 Å². The number of rotatable bonds is 12. The van der Waals surface area contributed by atoms with Gasteiger partial charge in [0.2, 0.25) is 5.88 Å². The zero-order valence-electron chi connectivity index (χ0n) is 22.3. The van der Waals surface area contributed by atoms with Gasteiger partial charge in [-0.25, -0.2) is 9.78 Å². The van der Waals surface area contributed by atoms with Crippen LogP contribution in [0.1, 0.15) is 36.7 Å². The summed E-state index contributed by atoms with van der Waals surface area (Å²) in [7, 11) is 0. The Morgan fingerprint density at radius 3 is 2.72 bits per heavy atom. The van der Waals surface area contributed by atoms with E-state index in [1.807, 2.05) is 41.9 Å². The maximum atomic E-state index is 10.9. The standard InChI is InChI=1S/C28H36N8O3/c1-2-39-27-24(16-29)25(30)14-22(33-27)18-31-17-20-8-11-35(12-9-20)19-23-15-26(21-6-4-3-5-7-21)34-36(23)13-10-32-28(37)38/h3-7,14-15,20,31-32H,2,8-13,17-19H2,1H3,(H2,30,33)(H,37,38). The summed E-state index contributed by atoms with van der Waals surface area (Å²) < 4.78 is 7.41. The Kier molecular flexibility index (Phi) is 9.72. The van der Waals surface area contributed by atoms with Crippen molar-refractivity contribution in [2.45, 2.75) is 39.4 Å². The van der Waals surface area contributed by atoms with Crippen LogP contribution >= 0.6 is 0 Å². The Balaban J connectivity index is 1.30. The maximum absolute atomic E-state index is 10.9. The van der Waals surface area contributed by atoms with Crippen molar-refractivity contribution < 1.29 is 14.6 Å². The average Bonchev–Trinajstić information content (AvgIpc) is 3.32. The molecule has 0 aliphatic carbocycles. The second kappa shape index (κ2) is 13.6. The van der Waals surface area contributed by atoms with Crippen molar-refractivity contribution in [2.24, 2.45) is 5.92 Å². The number of hydrogen-bond acceptors (Lipinski definition) is 8. The smallest absolute Gasteiger partial charge is 0.404 e. The first-order valence-electron chi connectivity index (χ1n) is 13.3. The molecule has 1 aliphatic heterocycles. The number of nitrogen functional groups attached to an aromatic ring is 1. The minimum atomic E-state index is -1.03. The second-order valence-electron chi connectivity index (χ2n) is 9.62. The van der Waals surface area contributed by atoms with E-state index in [-0.39, 0.29) is 5.56 Å². The number of amides is 1. The minimum Gasteiger partial charge on any atom is -0.477 e. The summed E-state index contributed by atoms with van der Waals surface area (Å²) in [6.07, 6.45) is 1.11. The lowest BCUT2D eigenvalue weighted by Crippen LogP contribution is -2.37. The molecule has 39 heavy (non-hydrogen) atoms. The van der Waals surface area contributed by atoms with Crippen molar-refractivity contribution in [3.63, 3.8) is 0 Å². The van der Waals surface area contributed by atoms with Crippen LogP contribution in [0.3, 0.4) is 0 Å². The predicted octanol–water partition coefficient (Wildman–Crippen LogP) is 3.07. The number of pyridine rings is 1. The fourth-order valence-corrected chi connectivity index (χ4v) is 4.82. The lowest BCUT2D eigenvalue weighted by Gasteiger charge is -2.32. The van der Waals surface area contributed by atoms with Crippen molar-refractivity contribution in [1.82, 2.24) is 30.3 Å². The van der Waals surface area contributed by atoms with Crippen LogP contribution in [0, 0.1) is 17.2 Å². The molecule has 3 aromatic rings. The van der Waals surface area contributed by atoms with Gasteiger partial charge in [-0.2, -0.15) is 10.4 Å². The minimum absolute atomic E-state index is 0.281. The third-order valence-corrected chi connectivity index (χ3v) is 6.83.